The Balaban J connectivity index is 2.37. The standard InChI is InChI=1S/C15H19NO2/c1-3-18-15(10-16)13-5-4-12-9-14(17-2)7-6-11(12)8-13/h4-9,15H,3,10,16H2,1-2H3. The van der Waals surface area contributed by atoms with E-state index in [-0.39, 0.29) is 6.10 Å². The van der Waals surface area contributed by atoms with E-state index in [1.165, 1.54) is 5.39 Å². The Bertz CT molecular complexity index is 525. The van der Waals surface area contributed by atoms with Crippen LogP contribution in [0.3, 0.4) is 0 Å². The van der Waals surface area contributed by atoms with Crippen LogP contribution in [0.2, 0.25) is 0 Å². The lowest BCUT2D eigenvalue weighted by molar-refractivity contribution is 0.0689. The van der Waals surface area contributed by atoms with E-state index < -0.39 is 0 Å². The lowest BCUT2D eigenvalue weighted by atomic mass is 10.0. The zero-order valence-corrected chi connectivity index (χ0v) is 10.8. The Hall–Kier alpha value is -1.58. The Labute approximate surface area is 108 Å². The number of benzene rings is 2. The van der Waals surface area contributed by atoms with Crippen molar-refractivity contribution in [1.82, 2.24) is 0 Å². The normalized spacial score (nSPS) is 12.6. The molecule has 96 valence electrons. The van der Waals surface area contributed by atoms with Crippen molar-refractivity contribution in [3.05, 3.63) is 42.0 Å². The first-order chi connectivity index (χ1) is 8.78. The number of rotatable bonds is 5. The van der Waals surface area contributed by atoms with Crippen LogP contribution in [-0.4, -0.2) is 20.3 Å². The molecule has 0 saturated carbocycles. The molecule has 1 unspecified atom stereocenters. The molecule has 0 aliphatic carbocycles. The zero-order valence-electron chi connectivity index (χ0n) is 10.8. The van der Waals surface area contributed by atoms with Gasteiger partial charge in [0.05, 0.1) is 13.2 Å². The molecule has 0 radical (unpaired) electrons. The summed E-state index contributed by atoms with van der Waals surface area (Å²) in [6.07, 6.45) is -0.0264. The predicted octanol–water partition coefficient (Wildman–Crippen LogP) is 2.88. The van der Waals surface area contributed by atoms with E-state index in [9.17, 15) is 0 Å². The molecule has 2 aromatic carbocycles. The van der Waals surface area contributed by atoms with Gasteiger partial charge in [0, 0.05) is 13.2 Å². The molecule has 1 atom stereocenters. The second-order valence-electron chi connectivity index (χ2n) is 4.15. The van der Waals surface area contributed by atoms with Crippen molar-refractivity contribution in [3.8, 4) is 5.75 Å². The van der Waals surface area contributed by atoms with Gasteiger partial charge in [-0.2, -0.15) is 0 Å². The average Bonchev–Trinajstić information content (AvgIpc) is 2.43. The van der Waals surface area contributed by atoms with E-state index in [0.717, 1.165) is 16.7 Å². The maximum atomic E-state index is 5.74. The van der Waals surface area contributed by atoms with Gasteiger partial charge in [0.25, 0.3) is 0 Å². The van der Waals surface area contributed by atoms with E-state index >= 15 is 0 Å². The van der Waals surface area contributed by atoms with Crippen LogP contribution in [0.25, 0.3) is 10.8 Å². The van der Waals surface area contributed by atoms with Crippen molar-refractivity contribution in [1.29, 1.82) is 0 Å². The van der Waals surface area contributed by atoms with Crippen LogP contribution in [0, 0.1) is 0 Å². The van der Waals surface area contributed by atoms with E-state index in [4.69, 9.17) is 15.2 Å². The van der Waals surface area contributed by atoms with Crippen LogP contribution >= 0.6 is 0 Å². The molecule has 0 aromatic heterocycles. The van der Waals surface area contributed by atoms with E-state index in [0.29, 0.717) is 13.2 Å². The number of hydrogen-bond acceptors (Lipinski definition) is 3. The summed E-state index contributed by atoms with van der Waals surface area (Å²) in [5, 5.41) is 2.33. The van der Waals surface area contributed by atoms with Crippen LogP contribution in [0.15, 0.2) is 36.4 Å². The highest BCUT2D eigenvalue weighted by molar-refractivity contribution is 5.84. The van der Waals surface area contributed by atoms with Crippen molar-refractivity contribution < 1.29 is 9.47 Å². The van der Waals surface area contributed by atoms with Crippen molar-refractivity contribution in [3.63, 3.8) is 0 Å². The molecule has 0 fully saturated rings. The van der Waals surface area contributed by atoms with Crippen LogP contribution in [0.1, 0.15) is 18.6 Å². The van der Waals surface area contributed by atoms with Crippen LogP contribution in [0.4, 0.5) is 0 Å². The van der Waals surface area contributed by atoms with Gasteiger partial charge in [-0.1, -0.05) is 18.2 Å². The minimum Gasteiger partial charge on any atom is -0.497 e. The Morgan fingerprint density at radius 2 is 1.83 bits per heavy atom. The summed E-state index contributed by atoms with van der Waals surface area (Å²) in [6, 6.07) is 12.3. The molecule has 0 bridgehead atoms. The molecule has 2 rings (SSSR count). The van der Waals surface area contributed by atoms with E-state index in [2.05, 4.69) is 24.3 Å². The van der Waals surface area contributed by atoms with Gasteiger partial charge in [-0.15, -0.1) is 0 Å². The molecule has 18 heavy (non-hydrogen) atoms. The maximum Gasteiger partial charge on any atom is 0.119 e. The molecule has 2 aromatic rings. The van der Waals surface area contributed by atoms with Crippen molar-refractivity contribution in [2.75, 3.05) is 20.3 Å². The number of nitrogens with two attached hydrogens (primary N) is 1. The highest BCUT2D eigenvalue weighted by atomic mass is 16.5. The molecule has 3 nitrogen and oxygen atoms in total. The third kappa shape index (κ3) is 2.63. The number of ether oxygens (including phenoxy) is 2. The van der Waals surface area contributed by atoms with Gasteiger partial charge in [0.2, 0.25) is 0 Å². The molecule has 0 amide bonds. The molecule has 0 saturated heterocycles. The van der Waals surface area contributed by atoms with Crippen molar-refractivity contribution in [2.45, 2.75) is 13.0 Å². The highest BCUT2D eigenvalue weighted by Gasteiger charge is 2.09. The molecule has 0 aliphatic heterocycles. The molecule has 0 aliphatic rings. The number of methoxy groups -OCH3 is 1. The molecular formula is C15H19NO2. The monoisotopic (exact) mass is 245 g/mol. The fourth-order valence-corrected chi connectivity index (χ4v) is 2.07. The van der Waals surface area contributed by atoms with Gasteiger partial charge < -0.3 is 15.2 Å². The third-order valence-corrected chi connectivity index (χ3v) is 3.03. The summed E-state index contributed by atoms with van der Waals surface area (Å²) in [5.41, 5.74) is 6.86. The number of fused-ring (bicyclic) bond motifs is 1. The summed E-state index contributed by atoms with van der Waals surface area (Å²) in [6.45, 7) is 3.15. The van der Waals surface area contributed by atoms with Crippen LogP contribution in [-0.2, 0) is 4.74 Å². The highest BCUT2D eigenvalue weighted by Crippen LogP contribution is 2.25. The predicted molar refractivity (Wildman–Crippen MR) is 73.9 cm³/mol. The fraction of sp³-hybridized carbons (Fsp3) is 0.333. The van der Waals surface area contributed by atoms with Gasteiger partial charge in [-0.25, -0.2) is 0 Å². The fourth-order valence-electron chi connectivity index (χ4n) is 2.07. The summed E-state index contributed by atoms with van der Waals surface area (Å²) < 4.78 is 10.8. The van der Waals surface area contributed by atoms with Crippen molar-refractivity contribution in [2.24, 2.45) is 5.73 Å². The van der Waals surface area contributed by atoms with Crippen LogP contribution < -0.4 is 10.5 Å². The molecule has 0 spiro atoms. The summed E-state index contributed by atoms with van der Waals surface area (Å²) in [4.78, 5) is 0. The molecule has 0 heterocycles. The summed E-state index contributed by atoms with van der Waals surface area (Å²) in [7, 11) is 1.68. The Kier molecular flexibility index (Phi) is 4.18. The quantitative estimate of drug-likeness (QED) is 0.881. The van der Waals surface area contributed by atoms with Gasteiger partial charge >= 0.3 is 0 Å². The number of hydrogen-bond donors (Lipinski definition) is 1. The first-order valence-electron chi connectivity index (χ1n) is 6.18. The molecular weight excluding hydrogens is 226 g/mol. The van der Waals surface area contributed by atoms with E-state index in [1.807, 2.05) is 19.1 Å². The van der Waals surface area contributed by atoms with Crippen molar-refractivity contribution >= 4 is 10.8 Å². The smallest absolute Gasteiger partial charge is 0.119 e. The minimum absolute atomic E-state index is 0.0264. The summed E-state index contributed by atoms with van der Waals surface area (Å²) in [5.74, 6) is 0.871. The van der Waals surface area contributed by atoms with Gasteiger partial charge in [0.15, 0.2) is 0 Å². The minimum atomic E-state index is -0.0264. The van der Waals surface area contributed by atoms with Crippen LogP contribution in [0.5, 0.6) is 5.75 Å². The second kappa shape index (κ2) is 5.85. The summed E-state index contributed by atoms with van der Waals surface area (Å²) >= 11 is 0. The third-order valence-electron chi connectivity index (χ3n) is 3.03. The SMILES string of the molecule is CCOC(CN)c1ccc2cc(OC)ccc2c1. The Morgan fingerprint density at radius 3 is 2.50 bits per heavy atom. The molecule has 3 heteroatoms. The van der Waals surface area contributed by atoms with E-state index in [1.54, 1.807) is 7.11 Å². The topological polar surface area (TPSA) is 44.5 Å². The Morgan fingerprint density at radius 1 is 1.11 bits per heavy atom. The largest absolute Gasteiger partial charge is 0.497 e. The molecule has 2 N–H and O–H groups in total. The first-order valence-corrected chi connectivity index (χ1v) is 6.18. The van der Waals surface area contributed by atoms with Gasteiger partial charge in [-0.3, -0.25) is 0 Å². The maximum absolute atomic E-state index is 5.74. The zero-order chi connectivity index (χ0) is 13.0. The van der Waals surface area contributed by atoms with Gasteiger partial charge in [0.1, 0.15) is 5.75 Å². The lowest BCUT2D eigenvalue weighted by Gasteiger charge is -2.16. The second-order valence-corrected chi connectivity index (χ2v) is 4.15. The first kappa shape index (κ1) is 12.9. The lowest BCUT2D eigenvalue weighted by Crippen LogP contribution is -2.15. The van der Waals surface area contributed by atoms with Gasteiger partial charge in [-0.05, 0) is 41.5 Å². The average molecular weight is 245 g/mol.